The van der Waals surface area contributed by atoms with Crippen LogP contribution in [0.5, 0.6) is 0 Å². The summed E-state index contributed by atoms with van der Waals surface area (Å²) in [7, 11) is -3.80. The quantitative estimate of drug-likeness (QED) is 0.797. The number of rotatable bonds is 6. The van der Waals surface area contributed by atoms with Crippen molar-refractivity contribution in [1.82, 2.24) is 0 Å². The fraction of sp³-hybridized carbons (Fsp3) is 0.222. The van der Waals surface area contributed by atoms with Crippen LogP contribution in [0.4, 0.5) is 4.79 Å². The highest BCUT2D eigenvalue weighted by Gasteiger charge is 2.21. The molecule has 132 valence electrons. The second kappa shape index (κ2) is 7.48. The first-order chi connectivity index (χ1) is 11.7. The number of amides is 1. The summed E-state index contributed by atoms with van der Waals surface area (Å²) < 4.78 is 30.4. The average molecular weight is 361 g/mol. The van der Waals surface area contributed by atoms with E-state index in [-0.39, 0.29) is 15.4 Å². The largest absolute Gasteiger partial charge is 0.446 e. The van der Waals surface area contributed by atoms with Gasteiger partial charge in [-0.05, 0) is 43.7 Å². The Kier molecular flexibility index (Phi) is 5.58. The molecule has 0 saturated heterocycles. The van der Waals surface area contributed by atoms with Crippen LogP contribution in [0.25, 0.3) is 0 Å². The summed E-state index contributed by atoms with van der Waals surface area (Å²) in [5.74, 6) is 0. The zero-order valence-electron chi connectivity index (χ0n) is 13.9. The van der Waals surface area contributed by atoms with Gasteiger partial charge in [0.1, 0.15) is 6.10 Å². The van der Waals surface area contributed by atoms with Crippen LogP contribution in [0.2, 0.25) is 0 Å². The van der Waals surface area contributed by atoms with E-state index >= 15 is 0 Å². The third kappa shape index (κ3) is 4.45. The van der Waals surface area contributed by atoms with Crippen LogP contribution in [-0.2, 0) is 21.0 Å². The van der Waals surface area contributed by atoms with Crippen LogP contribution in [-0.4, -0.2) is 26.9 Å². The Morgan fingerprint density at radius 1 is 1.20 bits per heavy atom. The van der Waals surface area contributed by atoms with Crippen molar-refractivity contribution in [3.63, 3.8) is 0 Å². The Balaban J connectivity index is 2.29. The minimum Gasteiger partial charge on any atom is -0.446 e. The zero-order chi connectivity index (χ0) is 18.6. The first-order valence-electron chi connectivity index (χ1n) is 7.60. The van der Waals surface area contributed by atoms with E-state index in [1.165, 1.54) is 24.3 Å². The van der Waals surface area contributed by atoms with Gasteiger partial charge in [-0.25, -0.2) is 13.2 Å². The molecular weight excluding hydrogens is 342 g/mol. The molecule has 0 spiro atoms. The number of ether oxygens (including phenoxy) is 1. The van der Waals surface area contributed by atoms with Crippen LogP contribution >= 0.6 is 0 Å². The molecule has 0 radical (unpaired) electrons. The van der Waals surface area contributed by atoms with Gasteiger partial charge in [0.05, 0.1) is 9.79 Å². The molecule has 0 saturated carbocycles. The molecule has 0 fully saturated rings. The molecule has 0 bridgehead atoms. The molecule has 0 heterocycles. The molecule has 6 nitrogen and oxygen atoms in total. The maximum absolute atomic E-state index is 12.8. The standard InChI is InChI=1S/C18H19NO5S/c1-12-3-8-17(15(9-12)11-20)25(22,23)16-6-4-14(5-7-16)10-13(2)24-18(19)21/h3-9,11,13H,10H2,1-2H3,(H2,19,21)/t13-/m1/s1. The Hall–Kier alpha value is -2.67. The van der Waals surface area contributed by atoms with Crippen molar-refractivity contribution in [3.8, 4) is 0 Å². The molecule has 0 aliphatic rings. The Morgan fingerprint density at radius 3 is 2.40 bits per heavy atom. The number of carbonyl (C=O) groups is 2. The number of aldehydes is 1. The Morgan fingerprint density at radius 2 is 1.84 bits per heavy atom. The van der Waals surface area contributed by atoms with Crippen molar-refractivity contribution < 1.29 is 22.7 Å². The Bertz CT molecular complexity index is 888. The van der Waals surface area contributed by atoms with Gasteiger partial charge >= 0.3 is 6.09 Å². The molecule has 7 heteroatoms. The lowest BCUT2D eigenvalue weighted by Gasteiger charge is -2.12. The van der Waals surface area contributed by atoms with Crippen molar-refractivity contribution in [1.29, 1.82) is 0 Å². The molecule has 25 heavy (non-hydrogen) atoms. The summed E-state index contributed by atoms with van der Waals surface area (Å²) in [4.78, 5) is 22.0. The van der Waals surface area contributed by atoms with E-state index in [2.05, 4.69) is 0 Å². The zero-order valence-corrected chi connectivity index (χ0v) is 14.7. The summed E-state index contributed by atoms with van der Waals surface area (Å²) in [5, 5.41) is 0. The molecule has 1 atom stereocenters. The smallest absolute Gasteiger partial charge is 0.404 e. The van der Waals surface area contributed by atoms with Crippen molar-refractivity contribution in [2.75, 3.05) is 0 Å². The van der Waals surface area contributed by atoms with E-state index < -0.39 is 22.0 Å². The molecular formula is C18H19NO5S. The number of aryl methyl sites for hydroxylation is 1. The number of carbonyl (C=O) groups excluding carboxylic acids is 2. The Labute approximate surface area is 146 Å². The first kappa shape index (κ1) is 18.7. The molecule has 1 amide bonds. The molecule has 2 aromatic rings. The van der Waals surface area contributed by atoms with Gasteiger partial charge in [-0.3, -0.25) is 4.79 Å². The van der Waals surface area contributed by atoms with E-state index in [9.17, 15) is 18.0 Å². The second-order valence-corrected chi connectivity index (χ2v) is 7.68. The fourth-order valence-corrected chi connectivity index (χ4v) is 3.92. The number of benzene rings is 2. The normalized spacial score (nSPS) is 12.4. The first-order valence-corrected chi connectivity index (χ1v) is 9.08. The number of primary amides is 1. The lowest BCUT2D eigenvalue weighted by molar-refractivity contribution is 0.111. The van der Waals surface area contributed by atoms with Gasteiger partial charge in [-0.15, -0.1) is 0 Å². The number of hydrogen-bond donors (Lipinski definition) is 1. The summed E-state index contributed by atoms with van der Waals surface area (Å²) in [6.07, 6.45) is -0.323. The highest BCUT2D eigenvalue weighted by molar-refractivity contribution is 7.91. The van der Waals surface area contributed by atoms with Gasteiger partial charge in [-0.2, -0.15) is 0 Å². The maximum Gasteiger partial charge on any atom is 0.404 e. The predicted octanol–water partition coefficient (Wildman–Crippen LogP) is 2.67. The highest BCUT2D eigenvalue weighted by Crippen LogP contribution is 2.25. The molecule has 2 aromatic carbocycles. The summed E-state index contributed by atoms with van der Waals surface area (Å²) in [5.41, 5.74) is 6.70. The van der Waals surface area contributed by atoms with Crippen molar-refractivity contribution in [3.05, 3.63) is 59.2 Å². The van der Waals surface area contributed by atoms with Crippen LogP contribution in [0.15, 0.2) is 52.3 Å². The minimum absolute atomic E-state index is 0.0220. The highest BCUT2D eigenvalue weighted by atomic mass is 32.2. The van der Waals surface area contributed by atoms with Crippen LogP contribution in [0.3, 0.4) is 0 Å². The minimum atomic E-state index is -3.80. The second-order valence-electron chi connectivity index (χ2n) is 5.76. The summed E-state index contributed by atoms with van der Waals surface area (Å²) in [6.45, 7) is 3.48. The molecule has 0 aliphatic carbocycles. The van der Waals surface area contributed by atoms with Crippen LogP contribution in [0.1, 0.15) is 28.4 Å². The number of nitrogens with two attached hydrogens (primary N) is 1. The molecule has 0 aliphatic heterocycles. The third-order valence-corrected chi connectivity index (χ3v) is 5.50. The van der Waals surface area contributed by atoms with E-state index in [1.807, 2.05) is 0 Å². The van der Waals surface area contributed by atoms with Gasteiger partial charge < -0.3 is 10.5 Å². The van der Waals surface area contributed by atoms with E-state index in [0.29, 0.717) is 12.7 Å². The molecule has 0 unspecified atom stereocenters. The summed E-state index contributed by atoms with van der Waals surface area (Å²) >= 11 is 0. The third-order valence-electron chi connectivity index (χ3n) is 3.66. The van der Waals surface area contributed by atoms with Crippen molar-refractivity contribution >= 4 is 22.2 Å². The van der Waals surface area contributed by atoms with E-state index in [1.54, 1.807) is 32.0 Å². The summed E-state index contributed by atoms with van der Waals surface area (Å²) in [6, 6.07) is 10.8. The van der Waals surface area contributed by atoms with Crippen LogP contribution < -0.4 is 5.73 Å². The predicted molar refractivity (Wildman–Crippen MR) is 92.3 cm³/mol. The lowest BCUT2D eigenvalue weighted by atomic mass is 10.1. The van der Waals surface area contributed by atoms with E-state index in [4.69, 9.17) is 10.5 Å². The molecule has 2 N–H and O–H groups in total. The SMILES string of the molecule is Cc1ccc(S(=O)(=O)c2ccc(C[C@@H](C)OC(N)=O)cc2)c(C=O)c1. The fourth-order valence-electron chi connectivity index (χ4n) is 2.51. The van der Waals surface area contributed by atoms with Gasteiger partial charge in [-0.1, -0.05) is 23.8 Å². The van der Waals surface area contributed by atoms with Gasteiger partial charge in [0.2, 0.25) is 9.84 Å². The van der Waals surface area contributed by atoms with Gasteiger partial charge in [0.25, 0.3) is 0 Å². The maximum atomic E-state index is 12.8. The van der Waals surface area contributed by atoms with Crippen LogP contribution in [0, 0.1) is 6.92 Å². The van der Waals surface area contributed by atoms with E-state index in [0.717, 1.165) is 11.1 Å². The molecule has 0 aromatic heterocycles. The number of hydrogen-bond acceptors (Lipinski definition) is 5. The topological polar surface area (TPSA) is 104 Å². The lowest BCUT2D eigenvalue weighted by Crippen LogP contribution is -2.21. The monoisotopic (exact) mass is 361 g/mol. The number of sulfone groups is 1. The van der Waals surface area contributed by atoms with Crippen molar-refractivity contribution in [2.45, 2.75) is 36.2 Å². The average Bonchev–Trinajstić information content (AvgIpc) is 2.54. The van der Waals surface area contributed by atoms with Crippen molar-refractivity contribution in [2.24, 2.45) is 5.73 Å². The van der Waals surface area contributed by atoms with Gasteiger partial charge in [0.15, 0.2) is 6.29 Å². The van der Waals surface area contributed by atoms with Gasteiger partial charge in [0, 0.05) is 12.0 Å². The molecule has 2 rings (SSSR count).